The zero-order valence-corrected chi connectivity index (χ0v) is 18.1. The molecule has 0 unspecified atom stereocenters. The predicted octanol–water partition coefficient (Wildman–Crippen LogP) is 4.09. The van der Waals surface area contributed by atoms with Gasteiger partial charge in [-0.05, 0) is 83.2 Å². The molecule has 5 nitrogen and oxygen atoms in total. The van der Waals surface area contributed by atoms with E-state index in [2.05, 4.69) is 27.9 Å². The Balaban J connectivity index is 2.01. The molecule has 0 bridgehead atoms. The van der Waals surface area contributed by atoms with Crippen LogP contribution in [0.15, 0.2) is 42.0 Å². The molecule has 1 heterocycles. The van der Waals surface area contributed by atoms with Crippen LogP contribution in [-0.4, -0.2) is 24.0 Å². The lowest BCUT2D eigenvalue weighted by molar-refractivity contribution is -0.122. The molecule has 0 aromatic heterocycles. The van der Waals surface area contributed by atoms with E-state index in [1.807, 2.05) is 13.0 Å². The Morgan fingerprint density at radius 3 is 2.59 bits per heavy atom. The predicted molar refractivity (Wildman–Crippen MR) is 118 cm³/mol. The van der Waals surface area contributed by atoms with Crippen molar-refractivity contribution in [3.8, 4) is 5.75 Å². The first-order valence-corrected chi connectivity index (χ1v) is 9.69. The highest BCUT2D eigenvalue weighted by Gasteiger charge is 2.34. The molecule has 2 aromatic carbocycles. The number of hydrogen-bond donors (Lipinski definition) is 1. The van der Waals surface area contributed by atoms with Crippen molar-refractivity contribution in [3.05, 3.63) is 61.7 Å². The number of carbonyl (C=O) groups excluding carboxylic acids is 2. The topological polar surface area (TPSA) is 58.6 Å². The number of halogens is 2. The van der Waals surface area contributed by atoms with E-state index in [9.17, 15) is 9.59 Å². The molecule has 3 rings (SSSR count). The van der Waals surface area contributed by atoms with Crippen molar-refractivity contribution in [1.82, 2.24) is 5.32 Å². The van der Waals surface area contributed by atoms with Crippen molar-refractivity contribution in [2.24, 2.45) is 0 Å². The number of nitrogens with zero attached hydrogens (tertiary/aromatic N) is 1. The third-order valence-corrected chi connectivity index (χ3v) is 5.54. The molecule has 0 atom stereocenters. The highest BCUT2D eigenvalue weighted by molar-refractivity contribution is 14.1. The molecule has 1 fully saturated rings. The van der Waals surface area contributed by atoms with Gasteiger partial charge in [-0.25, -0.2) is 0 Å². The van der Waals surface area contributed by atoms with E-state index in [0.29, 0.717) is 22.0 Å². The molecule has 0 saturated carbocycles. The Hall–Kier alpha value is -1.97. The van der Waals surface area contributed by atoms with Crippen LogP contribution in [0.25, 0.3) is 6.08 Å². The first-order valence-electron chi connectivity index (χ1n) is 7.83. The first kappa shape index (κ1) is 19.8. The van der Waals surface area contributed by atoms with Gasteiger partial charge in [0.2, 0.25) is 0 Å². The molecule has 138 valence electrons. The number of hydrogen-bond acceptors (Lipinski definition) is 4. The van der Waals surface area contributed by atoms with E-state index < -0.39 is 11.8 Å². The molecule has 27 heavy (non-hydrogen) atoms. The number of ether oxygens (including phenoxy) is 1. The van der Waals surface area contributed by atoms with E-state index in [1.165, 1.54) is 11.0 Å². The third-order valence-electron chi connectivity index (χ3n) is 4.00. The van der Waals surface area contributed by atoms with Gasteiger partial charge in [0.05, 0.1) is 16.4 Å². The fourth-order valence-electron chi connectivity index (χ4n) is 2.55. The maximum absolute atomic E-state index is 13.0. The molecule has 0 radical (unpaired) electrons. The summed E-state index contributed by atoms with van der Waals surface area (Å²) in [5, 5.41) is 3.09. The van der Waals surface area contributed by atoms with Crippen molar-refractivity contribution in [3.63, 3.8) is 0 Å². The van der Waals surface area contributed by atoms with Gasteiger partial charge < -0.3 is 4.74 Å². The smallest absolute Gasteiger partial charge is 0.270 e. The summed E-state index contributed by atoms with van der Waals surface area (Å²) in [5.74, 6) is -0.325. The lowest BCUT2D eigenvalue weighted by Gasteiger charge is -2.29. The van der Waals surface area contributed by atoms with Crippen LogP contribution in [0.4, 0.5) is 5.69 Å². The molecule has 0 aliphatic carbocycles. The largest absolute Gasteiger partial charge is 0.496 e. The summed E-state index contributed by atoms with van der Waals surface area (Å²) < 4.78 is 6.10. The summed E-state index contributed by atoms with van der Waals surface area (Å²) in [6.45, 7) is 1.86. The van der Waals surface area contributed by atoms with Crippen LogP contribution in [0.3, 0.4) is 0 Å². The minimum absolute atomic E-state index is 0.0127. The van der Waals surface area contributed by atoms with Gasteiger partial charge in [0.15, 0.2) is 5.11 Å². The summed E-state index contributed by atoms with van der Waals surface area (Å²) in [6, 6.07) is 10.5. The van der Waals surface area contributed by atoms with Gasteiger partial charge in [0, 0.05) is 5.02 Å². The van der Waals surface area contributed by atoms with Crippen molar-refractivity contribution in [2.75, 3.05) is 12.0 Å². The minimum Gasteiger partial charge on any atom is -0.496 e. The number of methoxy groups -OCH3 is 1. The highest BCUT2D eigenvalue weighted by Crippen LogP contribution is 2.28. The van der Waals surface area contributed by atoms with Crippen molar-refractivity contribution in [2.45, 2.75) is 6.92 Å². The fraction of sp³-hybridized carbons (Fsp3) is 0.105. The van der Waals surface area contributed by atoms with Crippen LogP contribution in [0, 0.1) is 10.5 Å². The molecule has 1 saturated heterocycles. The van der Waals surface area contributed by atoms with Gasteiger partial charge in [-0.15, -0.1) is 0 Å². The Morgan fingerprint density at radius 1 is 1.22 bits per heavy atom. The quantitative estimate of drug-likeness (QED) is 0.291. The molecule has 0 spiro atoms. The first-order chi connectivity index (χ1) is 12.8. The van der Waals surface area contributed by atoms with Gasteiger partial charge in [-0.3, -0.25) is 19.8 Å². The maximum Gasteiger partial charge on any atom is 0.270 e. The summed E-state index contributed by atoms with van der Waals surface area (Å²) in [5.41, 5.74) is 2.06. The second kappa shape index (κ2) is 7.95. The monoisotopic (exact) mass is 512 g/mol. The number of nitrogens with one attached hydrogen (secondary N) is 1. The molecular weight excluding hydrogens is 499 g/mol. The zero-order chi connectivity index (χ0) is 19.7. The molecule has 2 aromatic rings. The molecule has 8 heteroatoms. The number of benzene rings is 2. The van der Waals surface area contributed by atoms with Crippen LogP contribution in [0.1, 0.15) is 11.1 Å². The third kappa shape index (κ3) is 3.99. The Labute approximate surface area is 180 Å². The van der Waals surface area contributed by atoms with Crippen LogP contribution < -0.4 is 15.0 Å². The van der Waals surface area contributed by atoms with Crippen LogP contribution >= 0.6 is 46.4 Å². The van der Waals surface area contributed by atoms with Crippen molar-refractivity contribution in [1.29, 1.82) is 0 Å². The van der Waals surface area contributed by atoms with Crippen molar-refractivity contribution < 1.29 is 14.3 Å². The number of anilines is 1. The van der Waals surface area contributed by atoms with E-state index in [4.69, 9.17) is 28.6 Å². The second-order valence-electron chi connectivity index (χ2n) is 5.79. The molecule has 1 aliphatic heterocycles. The number of thiocarbonyl (C=S) groups is 1. The fourth-order valence-corrected chi connectivity index (χ4v) is 3.77. The Kier molecular flexibility index (Phi) is 5.83. The van der Waals surface area contributed by atoms with Crippen LogP contribution in [-0.2, 0) is 9.59 Å². The number of rotatable bonds is 3. The summed E-state index contributed by atoms with van der Waals surface area (Å²) in [4.78, 5) is 26.6. The number of carbonyl (C=O) groups is 2. The van der Waals surface area contributed by atoms with Gasteiger partial charge in [0.1, 0.15) is 11.3 Å². The van der Waals surface area contributed by atoms with Gasteiger partial charge >= 0.3 is 0 Å². The van der Waals surface area contributed by atoms with E-state index in [1.54, 1.807) is 37.4 Å². The average molecular weight is 513 g/mol. The van der Waals surface area contributed by atoms with E-state index in [-0.39, 0.29) is 10.7 Å². The Morgan fingerprint density at radius 2 is 1.96 bits per heavy atom. The summed E-state index contributed by atoms with van der Waals surface area (Å²) in [6.07, 6.45) is 1.53. The normalized spacial score (nSPS) is 15.9. The standard InChI is InChI=1S/C19H14ClIN2O3S/c1-10-3-5-12(9-14(10)20)23-18(25)13(17(24)22-19(23)27)7-11-4-6-16(26-2)15(21)8-11/h3-9H,1-2H3,(H,22,24,27)/b13-7+. The highest BCUT2D eigenvalue weighted by atomic mass is 127. The van der Waals surface area contributed by atoms with Gasteiger partial charge in [-0.1, -0.05) is 23.7 Å². The SMILES string of the molecule is COc1ccc(/C=C2\C(=O)NC(=S)N(c3ccc(C)c(Cl)c3)C2=O)cc1I. The van der Waals surface area contributed by atoms with Crippen LogP contribution in [0.5, 0.6) is 5.75 Å². The minimum atomic E-state index is -0.537. The average Bonchev–Trinajstić information content (AvgIpc) is 2.61. The number of amides is 2. The lowest BCUT2D eigenvalue weighted by atomic mass is 10.1. The Bertz CT molecular complexity index is 1010. The second-order valence-corrected chi connectivity index (χ2v) is 7.74. The van der Waals surface area contributed by atoms with E-state index >= 15 is 0 Å². The summed E-state index contributed by atoms with van der Waals surface area (Å²) >= 11 is 13.5. The lowest BCUT2D eigenvalue weighted by Crippen LogP contribution is -2.54. The molecule has 1 N–H and O–H groups in total. The van der Waals surface area contributed by atoms with Crippen molar-refractivity contribution >= 4 is 75.1 Å². The van der Waals surface area contributed by atoms with Gasteiger partial charge in [-0.2, -0.15) is 0 Å². The summed E-state index contributed by atoms with van der Waals surface area (Å²) in [7, 11) is 1.58. The van der Waals surface area contributed by atoms with Crippen LogP contribution in [0.2, 0.25) is 5.02 Å². The molecule has 1 aliphatic rings. The van der Waals surface area contributed by atoms with E-state index in [0.717, 1.165) is 9.13 Å². The molecule has 2 amide bonds. The molecular formula is C19H14ClIN2O3S. The zero-order valence-electron chi connectivity index (χ0n) is 14.4. The number of aryl methyl sites for hydroxylation is 1. The maximum atomic E-state index is 13.0. The van der Waals surface area contributed by atoms with Gasteiger partial charge in [0.25, 0.3) is 11.8 Å².